The first-order chi connectivity index (χ1) is 10.1. The van der Waals surface area contributed by atoms with Crippen LogP contribution in [0.15, 0.2) is 24.3 Å². The Balaban J connectivity index is 2.16. The number of ether oxygens (including phenoxy) is 1. The number of nitrogens with one attached hydrogen (secondary N) is 1. The minimum absolute atomic E-state index is 0.683. The smallest absolute Gasteiger partial charge is 0.142 e. The molecule has 0 amide bonds. The highest BCUT2D eigenvalue weighted by Gasteiger charge is 2.09. The number of anilines is 1. The quantitative estimate of drug-likeness (QED) is 0.849. The molecule has 3 nitrogen and oxygen atoms in total. The highest BCUT2D eigenvalue weighted by molar-refractivity contribution is 5.58. The number of rotatable bonds is 6. The predicted molar refractivity (Wildman–Crippen MR) is 89.3 cm³/mol. The lowest BCUT2D eigenvalue weighted by atomic mass is 10.2. The third kappa shape index (κ3) is 3.41. The van der Waals surface area contributed by atoms with Gasteiger partial charge in [-0.05, 0) is 63.9 Å². The second kappa shape index (κ2) is 6.70. The Morgan fingerprint density at radius 3 is 2.48 bits per heavy atom. The van der Waals surface area contributed by atoms with Gasteiger partial charge in [-0.2, -0.15) is 0 Å². The van der Waals surface area contributed by atoms with Crippen molar-refractivity contribution in [1.29, 1.82) is 0 Å². The van der Waals surface area contributed by atoms with E-state index in [2.05, 4.69) is 61.8 Å². The van der Waals surface area contributed by atoms with Crippen LogP contribution in [0.25, 0.3) is 0 Å². The van der Waals surface area contributed by atoms with Crippen molar-refractivity contribution in [3.8, 4) is 5.75 Å². The zero-order valence-electron chi connectivity index (χ0n) is 13.8. The molecule has 21 heavy (non-hydrogen) atoms. The summed E-state index contributed by atoms with van der Waals surface area (Å²) in [6.07, 6.45) is 0. The zero-order valence-corrected chi connectivity index (χ0v) is 13.8. The maximum absolute atomic E-state index is 5.72. The van der Waals surface area contributed by atoms with E-state index in [-0.39, 0.29) is 0 Å². The van der Waals surface area contributed by atoms with Crippen molar-refractivity contribution < 1.29 is 4.74 Å². The first kappa shape index (κ1) is 15.5. The number of nitrogens with zero attached hydrogens (tertiary/aromatic N) is 1. The molecule has 0 aliphatic heterocycles. The van der Waals surface area contributed by atoms with Gasteiger partial charge in [0.15, 0.2) is 0 Å². The minimum Gasteiger partial charge on any atom is -0.492 e. The van der Waals surface area contributed by atoms with Crippen molar-refractivity contribution in [1.82, 2.24) is 4.57 Å². The molecule has 0 aliphatic carbocycles. The maximum atomic E-state index is 5.72. The third-order valence-electron chi connectivity index (χ3n) is 3.90. The molecular weight excluding hydrogens is 260 g/mol. The summed E-state index contributed by atoms with van der Waals surface area (Å²) in [4.78, 5) is 0. The van der Waals surface area contributed by atoms with Gasteiger partial charge in [0.25, 0.3) is 0 Å². The first-order valence-corrected chi connectivity index (χ1v) is 7.69. The van der Waals surface area contributed by atoms with Gasteiger partial charge in [-0.25, -0.2) is 0 Å². The highest BCUT2D eigenvalue weighted by atomic mass is 16.5. The van der Waals surface area contributed by atoms with E-state index in [0.717, 1.165) is 24.5 Å². The number of benzene rings is 1. The first-order valence-electron chi connectivity index (χ1n) is 7.69. The van der Waals surface area contributed by atoms with Gasteiger partial charge in [-0.3, -0.25) is 0 Å². The average Bonchev–Trinajstić information content (AvgIpc) is 2.72. The molecule has 1 aromatic heterocycles. The summed E-state index contributed by atoms with van der Waals surface area (Å²) >= 11 is 0. The van der Waals surface area contributed by atoms with Crippen LogP contribution in [0.4, 0.5) is 5.69 Å². The topological polar surface area (TPSA) is 26.2 Å². The van der Waals surface area contributed by atoms with E-state index < -0.39 is 0 Å². The van der Waals surface area contributed by atoms with Crippen molar-refractivity contribution >= 4 is 5.69 Å². The minimum atomic E-state index is 0.683. The van der Waals surface area contributed by atoms with Gasteiger partial charge < -0.3 is 14.6 Å². The third-order valence-corrected chi connectivity index (χ3v) is 3.90. The Labute approximate surface area is 127 Å². The van der Waals surface area contributed by atoms with Crippen molar-refractivity contribution in [3.05, 3.63) is 46.8 Å². The second-order valence-electron chi connectivity index (χ2n) is 5.43. The molecule has 0 saturated heterocycles. The molecule has 1 aromatic carbocycles. The van der Waals surface area contributed by atoms with Crippen molar-refractivity contribution in [2.45, 2.75) is 47.7 Å². The summed E-state index contributed by atoms with van der Waals surface area (Å²) in [5, 5.41) is 3.51. The van der Waals surface area contributed by atoms with Crippen LogP contribution in [0.2, 0.25) is 0 Å². The van der Waals surface area contributed by atoms with E-state index in [9.17, 15) is 0 Å². The molecule has 1 heterocycles. The zero-order chi connectivity index (χ0) is 15.4. The van der Waals surface area contributed by atoms with Crippen LogP contribution in [0.3, 0.4) is 0 Å². The Hall–Kier alpha value is -1.90. The van der Waals surface area contributed by atoms with Gasteiger partial charge >= 0.3 is 0 Å². The number of aromatic nitrogens is 1. The monoisotopic (exact) mass is 286 g/mol. The number of aryl methyl sites for hydroxylation is 2. The van der Waals surface area contributed by atoms with Crippen LogP contribution >= 0.6 is 0 Å². The molecule has 1 N–H and O–H groups in total. The summed E-state index contributed by atoms with van der Waals surface area (Å²) in [6, 6.07) is 8.56. The Bertz CT molecular complexity index is 614. The van der Waals surface area contributed by atoms with Gasteiger partial charge in [0.2, 0.25) is 0 Å². The molecule has 0 spiro atoms. The Morgan fingerprint density at radius 2 is 1.86 bits per heavy atom. The van der Waals surface area contributed by atoms with Crippen molar-refractivity contribution in [3.63, 3.8) is 0 Å². The van der Waals surface area contributed by atoms with Gasteiger partial charge in [-0.15, -0.1) is 0 Å². The molecule has 0 unspecified atom stereocenters. The lowest BCUT2D eigenvalue weighted by molar-refractivity contribution is 0.341. The summed E-state index contributed by atoms with van der Waals surface area (Å²) in [7, 11) is 0. The van der Waals surface area contributed by atoms with Crippen LogP contribution in [0, 0.1) is 20.8 Å². The average molecular weight is 286 g/mol. The molecule has 114 valence electrons. The lowest BCUT2D eigenvalue weighted by Gasteiger charge is -2.13. The van der Waals surface area contributed by atoms with Crippen molar-refractivity contribution in [2.24, 2.45) is 0 Å². The molecule has 3 heteroatoms. The van der Waals surface area contributed by atoms with Gasteiger partial charge in [0, 0.05) is 24.5 Å². The van der Waals surface area contributed by atoms with E-state index in [4.69, 9.17) is 4.74 Å². The normalized spacial score (nSPS) is 10.7. The Morgan fingerprint density at radius 1 is 1.10 bits per heavy atom. The highest BCUT2D eigenvalue weighted by Crippen LogP contribution is 2.27. The molecule has 0 aliphatic rings. The van der Waals surface area contributed by atoms with Crippen LogP contribution in [0.5, 0.6) is 5.75 Å². The standard InChI is InChI=1S/C18H26N2O/c1-6-20-14(4)11-16(15(20)5)12-19-17-9-8-13(3)10-18(17)21-7-2/h8-11,19H,6-7,12H2,1-5H3. The molecular formula is C18H26N2O. The maximum Gasteiger partial charge on any atom is 0.142 e. The predicted octanol–water partition coefficient (Wildman–Crippen LogP) is 4.44. The summed E-state index contributed by atoms with van der Waals surface area (Å²) in [5.41, 5.74) is 6.28. The van der Waals surface area contributed by atoms with Gasteiger partial charge in [-0.1, -0.05) is 6.07 Å². The lowest BCUT2D eigenvalue weighted by Crippen LogP contribution is -2.05. The van der Waals surface area contributed by atoms with E-state index >= 15 is 0 Å². The van der Waals surface area contributed by atoms with Crippen LogP contribution in [-0.4, -0.2) is 11.2 Å². The van der Waals surface area contributed by atoms with E-state index in [0.29, 0.717) is 6.61 Å². The molecule has 2 rings (SSSR count). The molecule has 0 radical (unpaired) electrons. The molecule has 0 fully saturated rings. The van der Waals surface area contributed by atoms with Crippen LogP contribution < -0.4 is 10.1 Å². The van der Waals surface area contributed by atoms with Crippen molar-refractivity contribution in [2.75, 3.05) is 11.9 Å². The largest absolute Gasteiger partial charge is 0.492 e. The second-order valence-corrected chi connectivity index (χ2v) is 5.43. The number of hydrogen-bond acceptors (Lipinski definition) is 2. The molecule has 0 saturated carbocycles. The van der Waals surface area contributed by atoms with E-state index in [1.165, 1.54) is 22.5 Å². The molecule has 0 atom stereocenters. The fourth-order valence-electron chi connectivity index (χ4n) is 2.78. The number of hydrogen-bond donors (Lipinski definition) is 1. The van der Waals surface area contributed by atoms with Gasteiger partial charge in [0.05, 0.1) is 12.3 Å². The molecule has 0 bridgehead atoms. The van der Waals surface area contributed by atoms with Gasteiger partial charge in [0.1, 0.15) is 5.75 Å². The SMILES string of the molecule is CCOc1cc(C)ccc1NCc1cc(C)n(CC)c1C. The fraction of sp³-hybridized carbons (Fsp3) is 0.444. The summed E-state index contributed by atoms with van der Waals surface area (Å²) in [5.74, 6) is 0.932. The summed E-state index contributed by atoms with van der Waals surface area (Å²) < 4.78 is 8.06. The summed E-state index contributed by atoms with van der Waals surface area (Å²) in [6.45, 7) is 13.2. The molecule has 2 aromatic rings. The van der Waals surface area contributed by atoms with E-state index in [1.807, 2.05) is 6.92 Å². The van der Waals surface area contributed by atoms with Crippen LogP contribution in [0.1, 0.15) is 36.4 Å². The van der Waals surface area contributed by atoms with E-state index in [1.54, 1.807) is 0 Å². The van der Waals surface area contributed by atoms with Crippen LogP contribution in [-0.2, 0) is 13.1 Å². The fourth-order valence-corrected chi connectivity index (χ4v) is 2.78. The Kier molecular flexibility index (Phi) is 4.94.